The van der Waals surface area contributed by atoms with Crippen molar-refractivity contribution in [2.75, 3.05) is 0 Å². The van der Waals surface area contributed by atoms with E-state index in [4.69, 9.17) is 0 Å². The van der Waals surface area contributed by atoms with E-state index >= 15 is 0 Å². The molecule has 0 saturated carbocycles. The van der Waals surface area contributed by atoms with Crippen LogP contribution in [0.15, 0.2) is 24.7 Å². The van der Waals surface area contributed by atoms with Gasteiger partial charge in [0.1, 0.15) is 5.82 Å². The van der Waals surface area contributed by atoms with E-state index in [1.165, 1.54) is 0 Å². The average molecular weight is 206 g/mol. The summed E-state index contributed by atoms with van der Waals surface area (Å²) in [6.45, 7) is 2.81. The monoisotopic (exact) mass is 206 g/mol. The Morgan fingerprint density at radius 3 is 2.87 bits per heavy atom. The van der Waals surface area contributed by atoms with Crippen LogP contribution in [-0.2, 0) is 13.6 Å². The maximum absolute atomic E-state index is 10.1. The number of nitrogens with zero attached hydrogens (tertiary/aromatic N) is 4. The molecule has 2 heterocycles. The molecule has 0 radical (unpaired) electrons. The van der Waals surface area contributed by atoms with E-state index in [0.29, 0.717) is 5.82 Å². The molecule has 80 valence electrons. The van der Waals surface area contributed by atoms with E-state index in [9.17, 15) is 5.11 Å². The molecule has 2 rings (SSSR count). The normalized spacial score (nSPS) is 13.0. The Morgan fingerprint density at radius 2 is 2.27 bits per heavy atom. The fourth-order valence-corrected chi connectivity index (χ4v) is 1.62. The number of aromatic nitrogens is 4. The van der Waals surface area contributed by atoms with Crippen LogP contribution in [0.2, 0.25) is 0 Å². The minimum absolute atomic E-state index is 0.654. The third-order valence-electron chi connectivity index (χ3n) is 2.47. The summed E-state index contributed by atoms with van der Waals surface area (Å²) in [5, 5.41) is 14.1. The number of aryl methyl sites for hydroxylation is 2. The van der Waals surface area contributed by atoms with Gasteiger partial charge in [-0.2, -0.15) is 5.10 Å². The Hall–Kier alpha value is -1.62. The van der Waals surface area contributed by atoms with Gasteiger partial charge in [-0.3, -0.25) is 4.68 Å². The second-order valence-corrected chi connectivity index (χ2v) is 3.35. The van der Waals surface area contributed by atoms with Crippen molar-refractivity contribution in [1.29, 1.82) is 0 Å². The van der Waals surface area contributed by atoms with Crippen molar-refractivity contribution in [2.45, 2.75) is 19.6 Å². The lowest BCUT2D eigenvalue weighted by molar-refractivity contribution is 0.194. The molecule has 0 fully saturated rings. The largest absolute Gasteiger partial charge is 0.379 e. The van der Waals surface area contributed by atoms with Gasteiger partial charge in [0, 0.05) is 32.2 Å². The second-order valence-electron chi connectivity index (χ2n) is 3.35. The predicted octanol–water partition coefficient (Wildman–Crippen LogP) is 0.718. The van der Waals surface area contributed by atoms with E-state index in [2.05, 4.69) is 10.1 Å². The van der Waals surface area contributed by atoms with E-state index in [-0.39, 0.29) is 0 Å². The molecule has 0 amide bonds. The summed E-state index contributed by atoms with van der Waals surface area (Å²) in [5.74, 6) is 0.654. The molecule has 0 bridgehead atoms. The molecule has 0 aliphatic rings. The lowest BCUT2D eigenvalue weighted by atomic mass is 10.2. The average Bonchev–Trinajstić information content (AvgIpc) is 2.84. The Morgan fingerprint density at radius 1 is 1.47 bits per heavy atom. The van der Waals surface area contributed by atoms with Crippen LogP contribution >= 0.6 is 0 Å². The zero-order valence-electron chi connectivity index (χ0n) is 8.83. The minimum atomic E-state index is -0.715. The van der Waals surface area contributed by atoms with Crippen molar-refractivity contribution in [3.63, 3.8) is 0 Å². The molecule has 5 nitrogen and oxygen atoms in total. The maximum atomic E-state index is 10.1. The van der Waals surface area contributed by atoms with Crippen molar-refractivity contribution < 1.29 is 5.11 Å². The SMILES string of the molecule is CCn1ccnc1C(O)c1ccnn1C. The highest BCUT2D eigenvalue weighted by atomic mass is 16.3. The van der Waals surface area contributed by atoms with Crippen molar-refractivity contribution >= 4 is 0 Å². The highest BCUT2D eigenvalue weighted by Gasteiger charge is 2.18. The third-order valence-corrected chi connectivity index (χ3v) is 2.47. The van der Waals surface area contributed by atoms with Gasteiger partial charge in [0.2, 0.25) is 0 Å². The van der Waals surface area contributed by atoms with Gasteiger partial charge >= 0.3 is 0 Å². The van der Waals surface area contributed by atoms with Gasteiger partial charge in [-0.05, 0) is 13.0 Å². The van der Waals surface area contributed by atoms with Crippen molar-refractivity contribution in [1.82, 2.24) is 19.3 Å². The molecule has 15 heavy (non-hydrogen) atoms. The first-order chi connectivity index (χ1) is 7.24. The van der Waals surface area contributed by atoms with Crippen LogP contribution in [0.3, 0.4) is 0 Å². The zero-order chi connectivity index (χ0) is 10.8. The van der Waals surface area contributed by atoms with Gasteiger partial charge in [-0.25, -0.2) is 4.98 Å². The van der Waals surface area contributed by atoms with E-state index in [0.717, 1.165) is 12.2 Å². The molecule has 0 aliphatic carbocycles. The molecule has 2 aromatic heterocycles. The number of hydrogen-bond donors (Lipinski definition) is 1. The summed E-state index contributed by atoms with van der Waals surface area (Å²) in [6.07, 6.45) is 4.50. The van der Waals surface area contributed by atoms with Crippen molar-refractivity contribution in [2.24, 2.45) is 7.05 Å². The van der Waals surface area contributed by atoms with Crippen LogP contribution in [0.25, 0.3) is 0 Å². The van der Waals surface area contributed by atoms with Gasteiger partial charge in [0.25, 0.3) is 0 Å². The van der Waals surface area contributed by atoms with Gasteiger partial charge in [0.15, 0.2) is 6.10 Å². The standard InChI is InChI=1S/C10H14N4O/c1-3-14-7-6-11-10(14)9(15)8-4-5-12-13(8)2/h4-7,9,15H,3H2,1-2H3. The minimum Gasteiger partial charge on any atom is -0.379 e. The van der Waals surface area contributed by atoms with Gasteiger partial charge in [-0.15, -0.1) is 0 Å². The first-order valence-electron chi connectivity index (χ1n) is 4.91. The fourth-order valence-electron chi connectivity index (χ4n) is 1.62. The summed E-state index contributed by atoms with van der Waals surface area (Å²) in [7, 11) is 1.80. The Balaban J connectivity index is 2.36. The fraction of sp³-hybridized carbons (Fsp3) is 0.400. The second kappa shape index (κ2) is 3.86. The van der Waals surface area contributed by atoms with Crippen LogP contribution in [0.1, 0.15) is 24.5 Å². The molecule has 0 aromatic carbocycles. The van der Waals surface area contributed by atoms with Crippen LogP contribution in [-0.4, -0.2) is 24.4 Å². The first kappa shape index (κ1) is 9.92. The summed E-state index contributed by atoms with van der Waals surface area (Å²) >= 11 is 0. The Kier molecular flexibility index (Phi) is 2.55. The van der Waals surface area contributed by atoms with Crippen LogP contribution < -0.4 is 0 Å². The molecule has 0 saturated heterocycles. The van der Waals surface area contributed by atoms with Crippen LogP contribution in [0.5, 0.6) is 0 Å². The number of rotatable bonds is 3. The van der Waals surface area contributed by atoms with Crippen molar-refractivity contribution in [3.8, 4) is 0 Å². The quantitative estimate of drug-likeness (QED) is 0.805. The van der Waals surface area contributed by atoms with E-state index in [1.54, 1.807) is 30.2 Å². The highest BCUT2D eigenvalue weighted by molar-refractivity contribution is 5.14. The molecular weight excluding hydrogens is 192 g/mol. The topological polar surface area (TPSA) is 55.9 Å². The molecule has 1 unspecified atom stereocenters. The van der Waals surface area contributed by atoms with Gasteiger partial charge in [0.05, 0.1) is 5.69 Å². The number of hydrogen-bond acceptors (Lipinski definition) is 3. The molecule has 5 heteroatoms. The van der Waals surface area contributed by atoms with Crippen LogP contribution in [0, 0.1) is 0 Å². The molecular formula is C10H14N4O. The summed E-state index contributed by atoms with van der Waals surface area (Å²) in [4.78, 5) is 4.16. The molecule has 0 spiro atoms. The Labute approximate surface area is 88.0 Å². The van der Waals surface area contributed by atoms with Gasteiger partial charge < -0.3 is 9.67 Å². The van der Waals surface area contributed by atoms with Crippen molar-refractivity contribution in [3.05, 3.63) is 36.2 Å². The lowest BCUT2D eigenvalue weighted by Gasteiger charge is -2.12. The lowest BCUT2D eigenvalue weighted by Crippen LogP contribution is -2.12. The maximum Gasteiger partial charge on any atom is 0.153 e. The van der Waals surface area contributed by atoms with Crippen LogP contribution in [0.4, 0.5) is 0 Å². The number of aliphatic hydroxyl groups is 1. The molecule has 2 aromatic rings. The molecule has 1 N–H and O–H groups in total. The Bertz CT molecular complexity index is 446. The van der Waals surface area contributed by atoms with E-state index < -0.39 is 6.10 Å². The zero-order valence-corrected chi connectivity index (χ0v) is 8.83. The number of imidazole rings is 1. The number of aliphatic hydroxyl groups excluding tert-OH is 1. The summed E-state index contributed by atoms with van der Waals surface area (Å²) in [5.41, 5.74) is 0.746. The molecule has 0 aliphatic heterocycles. The molecule has 1 atom stereocenters. The first-order valence-corrected chi connectivity index (χ1v) is 4.91. The highest BCUT2D eigenvalue weighted by Crippen LogP contribution is 2.19. The van der Waals surface area contributed by atoms with E-state index in [1.807, 2.05) is 17.7 Å². The predicted molar refractivity (Wildman–Crippen MR) is 55.2 cm³/mol. The summed E-state index contributed by atoms with van der Waals surface area (Å²) in [6, 6.07) is 1.79. The third kappa shape index (κ3) is 1.66. The van der Waals surface area contributed by atoms with Gasteiger partial charge in [-0.1, -0.05) is 0 Å². The smallest absolute Gasteiger partial charge is 0.153 e. The summed E-state index contributed by atoms with van der Waals surface area (Å²) < 4.78 is 3.57.